The maximum Gasteiger partial charge on any atom is 0.320 e. The van der Waals surface area contributed by atoms with Crippen LogP contribution in [0.1, 0.15) is 37.3 Å². The van der Waals surface area contributed by atoms with Crippen LogP contribution < -0.4 is 0 Å². The number of rotatable bonds is 7. The average molecular weight is 289 g/mol. The standard InChI is InChI=1S/C16H19NO4/c1-3-11-5-7-12(8-6-11)13(9-10-17)14(15(18)19)16(20)21-4-2/h5-8,13-14H,3-4,9H2,1-2H3,(H,18,19). The maximum atomic E-state index is 11.9. The molecule has 0 heterocycles. The van der Waals surface area contributed by atoms with E-state index in [0.29, 0.717) is 5.56 Å². The van der Waals surface area contributed by atoms with E-state index in [9.17, 15) is 14.7 Å². The summed E-state index contributed by atoms with van der Waals surface area (Å²) < 4.78 is 4.83. The molecule has 5 heteroatoms. The van der Waals surface area contributed by atoms with E-state index < -0.39 is 23.8 Å². The van der Waals surface area contributed by atoms with E-state index in [1.54, 1.807) is 19.1 Å². The molecule has 1 N–H and O–H groups in total. The van der Waals surface area contributed by atoms with Gasteiger partial charge in [0.25, 0.3) is 0 Å². The summed E-state index contributed by atoms with van der Waals surface area (Å²) in [5.74, 6) is -4.15. The lowest BCUT2D eigenvalue weighted by molar-refractivity contribution is -0.159. The second-order valence-corrected chi connectivity index (χ2v) is 4.63. The van der Waals surface area contributed by atoms with Crippen molar-refractivity contribution in [2.24, 2.45) is 5.92 Å². The molecule has 1 aromatic carbocycles. The first-order valence-corrected chi connectivity index (χ1v) is 6.90. The van der Waals surface area contributed by atoms with E-state index in [-0.39, 0.29) is 13.0 Å². The number of esters is 1. The van der Waals surface area contributed by atoms with E-state index in [1.807, 2.05) is 25.1 Å². The van der Waals surface area contributed by atoms with E-state index in [2.05, 4.69) is 0 Å². The first kappa shape index (κ1) is 16.7. The number of ether oxygens (including phenoxy) is 1. The maximum absolute atomic E-state index is 11.9. The summed E-state index contributed by atoms with van der Waals surface area (Å²) in [6.45, 7) is 3.74. The van der Waals surface area contributed by atoms with E-state index in [4.69, 9.17) is 10.00 Å². The Balaban J connectivity index is 3.14. The van der Waals surface area contributed by atoms with E-state index in [1.165, 1.54) is 0 Å². The Labute approximate surface area is 124 Å². The lowest BCUT2D eigenvalue weighted by Crippen LogP contribution is -2.31. The molecule has 5 nitrogen and oxygen atoms in total. The number of hydrogen-bond acceptors (Lipinski definition) is 4. The van der Waals surface area contributed by atoms with Crippen LogP contribution in [0.5, 0.6) is 0 Å². The highest BCUT2D eigenvalue weighted by Crippen LogP contribution is 2.30. The van der Waals surface area contributed by atoms with Crippen LogP contribution in [0.3, 0.4) is 0 Å². The number of carbonyl (C=O) groups excluding carboxylic acids is 1. The number of nitrogens with zero attached hydrogens (tertiary/aromatic N) is 1. The van der Waals surface area contributed by atoms with Crippen LogP contribution in [0.15, 0.2) is 24.3 Å². The second-order valence-electron chi connectivity index (χ2n) is 4.63. The number of carbonyl (C=O) groups is 2. The first-order valence-electron chi connectivity index (χ1n) is 6.90. The minimum Gasteiger partial charge on any atom is -0.481 e. The van der Waals surface area contributed by atoms with Crippen LogP contribution in [0.2, 0.25) is 0 Å². The number of carboxylic acid groups (broad SMARTS) is 1. The van der Waals surface area contributed by atoms with Gasteiger partial charge in [-0.3, -0.25) is 9.59 Å². The summed E-state index contributed by atoms with van der Waals surface area (Å²) in [5, 5.41) is 18.3. The Hall–Kier alpha value is -2.35. The van der Waals surface area contributed by atoms with Gasteiger partial charge in [0.2, 0.25) is 0 Å². The first-order chi connectivity index (χ1) is 10.0. The molecular formula is C16H19NO4. The molecule has 2 atom stereocenters. The van der Waals surface area contributed by atoms with Crippen LogP contribution in [0.4, 0.5) is 0 Å². The Morgan fingerprint density at radius 1 is 1.29 bits per heavy atom. The molecule has 0 bridgehead atoms. The highest BCUT2D eigenvalue weighted by Gasteiger charge is 2.37. The fourth-order valence-electron chi connectivity index (χ4n) is 2.20. The summed E-state index contributed by atoms with van der Waals surface area (Å²) in [6, 6.07) is 9.26. The molecule has 112 valence electrons. The molecule has 0 spiro atoms. The Bertz CT molecular complexity index is 530. The topological polar surface area (TPSA) is 87.4 Å². The lowest BCUT2D eigenvalue weighted by Gasteiger charge is -2.21. The van der Waals surface area contributed by atoms with Crippen molar-refractivity contribution in [1.82, 2.24) is 0 Å². The third-order valence-corrected chi connectivity index (χ3v) is 3.34. The average Bonchev–Trinajstić information content (AvgIpc) is 2.47. The van der Waals surface area contributed by atoms with Crippen molar-refractivity contribution < 1.29 is 19.4 Å². The number of hydrogen-bond donors (Lipinski definition) is 1. The molecule has 0 radical (unpaired) electrons. The zero-order valence-electron chi connectivity index (χ0n) is 12.2. The summed E-state index contributed by atoms with van der Waals surface area (Å²) >= 11 is 0. The summed E-state index contributed by atoms with van der Waals surface area (Å²) in [7, 11) is 0. The van der Waals surface area contributed by atoms with Crippen molar-refractivity contribution in [3.63, 3.8) is 0 Å². The smallest absolute Gasteiger partial charge is 0.320 e. The third-order valence-electron chi connectivity index (χ3n) is 3.34. The van der Waals surface area contributed by atoms with Gasteiger partial charge in [-0.05, 0) is 24.5 Å². The zero-order valence-corrected chi connectivity index (χ0v) is 12.2. The van der Waals surface area contributed by atoms with Gasteiger partial charge in [-0.2, -0.15) is 5.26 Å². The van der Waals surface area contributed by atoms with Crippen molar-refractivity contribution >= 4 is 11.9 Å². The quantitative estimate of drug-likeness (QED) is 0.615. The van der Waals surface area contributed by atoms with Crippen LogP contribution in [0.25, 0.3) is 0 Å². The second kappa shape index (κ2) is 8.05. The van der Waals surface area contributed by atoms with Crippen molar-refractivity contribution in [3.8, 4) is 6.07 Å². The molecule has 0 fully saturated rings. The Morgan fingerprint density at radius 3 is 2.33 bits per heavy atom. The molecular weight excluding hydrogens is 270 g/mol. The summed E-state index contributed by atoms with van der Waals surface area (Å²) in [6.07, 6.45) is 0.810. The largest absolute Gasteiger partial charge is 0.481 e. The molecule has 21 heavy (non-hydrogen) atoms. The van der Waals surface area contributed by atoms with Crippen molar-refractivity contribution in [2.45, 2.75) is 32.6 Å². The molecule has 0 aliphatic rings. The van der Waals surface area contributed by atoms with Gasteiger partial charge in [0.1, 0.15) is 0 Å². The summed E-state index contributed by atoms with van der Waals surface area (Å²) in [5.41, 5.74) is 1.77. The third kappa shape index (κ3) is 4.32. The van der Waals surface area contributed by atoms with Crippen LogP contribution >= 0.6 is 0 Å². The molecule has 2 unspecified atom stereocenters. The monoisotopic (exact) mass is 289 g/mol. The van der Waals surface area contributed by atoms with Crippen LogP contribution in [0, 0.1) is 17.2 Å². The fourth-order valence-corrected chi connectivity index (χ4v) is 2.20. The van der Waals surface area contributed by atoms with Gasteiger partial charge in [-0.25, -0.2) is 0 Å². The normalized spacial score (nSPS) is 13.0. The highest BCUT2D eigenvalue weighted by molar-refractivity contribution is 5.95. The van der Waals surface area contributed by atoms with Crippen molar-refractivity contribution in [3.05, 3.63) is 35.4 Å². The molecule has 0 saturated carbocycles. The van der Waals surface area contributed by atoms with Gasteiger partial charge in [0.15, 0.2) is 5.92 Å². The van der Waals surface area contributed by atoms with E-state index in [0.717, 1.165) is 12.0 Å². The van der Waals surface area contributed by atoms with Gasteiger partial charge in [0, 0.05) is 12.3 Å². The minimum atomic E-state index is -1.36. The SMILES string of the molecule is CCOC(=O)C(C(=O)O)C(CC#N)c1ccc(CC)cc1. The van der Waals surface area contributed by atoms with Crippen molar-refractivity contribution in [1.29, 1.82) is 5.26 Å². The number of aliphatic carboxylic acids is 1. The number of nitriles is 1. The Morgan fingerprint density at radius 2 is 1.90 bits per heavy atom. The van der Waals surface area contributed by atoms with Gasteiger partial charge >= 0.3 is 11.9 Å². The van der Waals surface area contributed by atoms with Gasteiger partial charge in [-0.1, -0.05) is 31.2 Å². The zero-order chi connectivity index (χ0) is 15.8. The molecule has 0 aliphatic heterocycles. The molecule has 0 aromatic heterocycles. The van der Waals surface area contributed by atoms with Crippen LogP contribution in [-0.2, 0) is 20.7 Å². The van der Waals surface area contributed by atoms with Gasteiger partial charge in [0.05, 0.1) is 12.7 Å². The van der Waals surface area contributed by atoms with Crippen molar-refractivity contribution in [2.75, 3.05) is 6.61 Å². The Kier molecular flexibility index (Phi) is 6.41. The number of aryl methyl sites for hydroxylation is 1. The molecule has 1 aromatic rings. The molecule has 0 saturated heterocycles. The predicted octanol–water partition coefficient (Wildman–Crippen LogP) is 2.51. The predicted molar refractivity (Wildman–Crippen MR) is 76.5 cm³/mol. The minimum absolute atomic E-state index is 0.0543. The van der Waals surface area contributed by atoms with Gasteiger partial charge in [-0.15, -0.1) is 0 Å². The fraction of sp³-hybridized carbons (Fsp3) is 0.438. The highest BCUT2D eigenvalue weighted by atomic mass is 16.5. The molecule has 0 aliphatic carbocycles. The van der Waals surface area contributed by atoms with E-state index >= 15 is 0 Å². The number of benzene rings is 1. The van der Waals surface area contributed by atoms with Gasteiger partial charge < -0.3 is 9.84 Å². The number of carboxylic acids is 1. The molecule has 1 rings (SSSR count). The summed E-state index contributed by atoms with van der Waals surface area (Å²) in [4.78, 5) is 23.3. The lowest BCUT2D eigenvalue weighted by atomic mass is 9.83. The molecule has 0 amide bonds. The van der Waals surface area contributed by atoms with Crippen LogP contribution in [-0.4, -0.2) is 23.7 Å².